The first-order chi connectivity index (χ1) is 11.0. The predicted molar refractivity (Wildman–Crippen MR) is 85.4 cm³/mol. The number of rotatable bonds is 2. The van der Waals surface area contributed by atoms with Crippen molar-refractivity contribution in [3.63, 3.8) is 0 Å². The fourth-order valence-corrected chi connectivity index (χ4v) is 4.14. The molecule has 5 nitrogen and oxygen atoms in total. The van der Waals surface area contributed by atoms with E-state index in [9.17, 15) is 4.79 Å². The highest BCUT2D eigenvalue weighted by molar-refractivity contribution is 5.88. The normalized spacial score (nSPS) is 28.9. The molecule has 3 atom stereocenters. The molecule has 122 valence electrons. The number of nitrogens with zero attached hydrogens (tertiary/aromatic N) is 2. The smallest absolute Gasteiger partial charge is 0.358 e. The summed E-state index contributed by atoms with van der Waals surface area (Å²) < 4.78 is 13.6. The summed E-state index contributed by atoms with van der Waals surface area (Å²) in [6.07, 6.45) is 3.98. The zero-order valence-electron chi connectivity index (χ0n) is 13.8. The fourth-order valence-electron chi connectivity index (χ4n) is 4.14. The third-order valence-electron chi connectivity index (χ3n) is 5.36. The lowest BCUT2D eigenvalue weighted by atomic mass is 9.57. The van der Waals surface area contributed by atoms with Gasteiger partial charge in [0.2, 0.25) is 0 Å². The van der Waals surface area contributed by atoms with Gasteiger partial charge >= 0.3 is 5.97 Å². The number of hydrogen-bond donors (Lipinski definition) is 0. The molecule has 0 aromatic carbocycles. The maximum atomic E-state index is 12.6. The number of carbonyl (C=O) groups excluding carboxylic acids is 1. The molecule has 5 heteroatoms. The van der Waals surface area contributed by atoms with Gasteiger partial charge in [0.05, 0.1) is 6.10 Å². The summed E-state index contributed by atoms with van der Waals surface area (Å²) in [5.74, 6) is -0.0170. The highest BCUT2D eigenvalue weighted by Gasteiger charge is 2.60. The summed E-state index contributed by atoms with van der Waals surface area (Å²) >= 11 is 0. The van der Waals surface area contributed by atoms with E-state index in [1.807, 2.05) is 29.5 Å². The van der Waals surface area contributed by atoms with Gasteiger partial charge in [0.15, 0.2) is 5.69 Å². The Morgan fingerprint density at radius 2 is 2.26 bits per heavy atom. The summed E-state index contributed by atoms with van der Waals surface area (Å²) in [4.78, 5) is 16.9. The van der Waals surface area contributed by atoms with Gasteiger partial charge < -0.3 is 13.9 Å². The highest BCUT2D eigenvalue weighted by Crippen LogP contribution is 2.53. The number of esters is 1. The zero-order chi connectivity index (χ0) is 16.2. The van der Waals surface area contributed by atoms with E-state index in [-0.39, 0.29) is 23.6 Å². The van der Waals surface area contributed by atoms with Crippen LogP contribution >= 0.6 is 0 Å². The molecule has 1 aliphatic carbocycles. The molecule has 3 heterocycles. The average Bonchev–Trinajstić information content (AvgIpc) is 2.98. The molecule has 2 aromatic rings. The molecule has 4 rings (SSSR count). The Morgan fingerprint density at radius 1 is 1.43 bits per heavy atom. The lowest BCUT2D eigenvalue weighted by molar-refractivity contribution is -0.243. The number of aromatic nitrogens is 2. The second-order valence-corrected chi connectivity index (χ2v) is 7.27. The van der Waals surface area contributed by atoms with Crippen LogP contribution in [0.15, 0.2) is 24.4 Å². The van der Waals surface area contributed by atoms with Crippen molar-refractivity contribution in [3.05, 3.63) is 35.8 Å². The van der Waals surface area contributed by atoms with Crippen LogP contribution in [-0.2, 0) is 9.47 Å². The first-order valence-corrected chi connectivity index (χ1v) is 8.26. The summed E-state index contributed by atoms with van der Waals surface area (Å²) in [6, 6.07) is 5.82. The Labute approximate surface area is 135 Å². The fraction of sp³-hybridized carbons (Fsp3) is 0.556. The van der Waals surface area contributed by atoms with E-state index in [0.717, 1.165) is 30.8 Å². The third-order valence-corrected chi connectivity index (χ3v) is 5.36. The van der Waals surface area contributed by atoms with E-state index in [4.69, 9.17) is 9.47 Å². The maximum absolute atomic E-state index is 12.6. The van der Waals surface area contributed by atoms with Crippen LogP contribution in [0.5, 0.6) is 0 Å². The van der Waals surface area contributed by atoms with Crippen LogP contribution in [0.2, 0.25) is 0 Å². The van der Waals surface area contributed by atoms with Crippen molar-refractivity contribution >= 4 is 11.6 Å². The molecule has 2 aliphatic rings. The van der Waals surface area contributed by atoms with Gasteiger partial charge in [-0.25, -0.2) is 9.78 Å². The number of fused-ring (bicyclic) bond motifs is 2. The summed E-state index contributed by atoms with van der Waals surface area (Å²) in [7, 11) is 0. The molecular weight excluding hydrogens is 292 g/mol. The molecule has 0 radical (unpaired) electrons. The molecular formula is C18H22N2O3. The van der Waals surface area contributed by atoms with Crippen LogP contribution in [0.3, 0.4) is 0 Å². The lowest BCUT2D eigenvalue weighted by Crippen LogP contribution is -2.65. The lowest BCUT2D eigenvalue weighted by Gasteiger charge is -2.58. The summed E-state index contributed by atoms with van der Waals surface area (Å²) in [5, 5.41) is 0. The second-order valence-electron chi connectivity index (χ2n) is 7.27. The second kappa shape index (κ2) is 5.06. The Balaban J connectivity index is 1.56. The number of pyridine rings is 1. The predicted octanol–water partition coefficient (Wildman–Crippen LogP) is 3.00. The quantitative estimate of drug-likeness (QED) is 0.800. The molecule has 23 heavy (non-hydrogen) atoms. The van der Waals surface area contributed by atoms with Crippen molar-refractivity contribution in [3.8, 4) is 0 Å². The molecule has 0 amide bonds. The minimum Gasteiger partial charge on any atom is -0.457 e. The Kier molecular flexibility index (Phi) is 3.23. The van der Waals surface area contributed by atoms with E-state index in [2.05, 4.69) is 18.8 Å². The van der Waals surface area contributed by atoms with Gasteiger partial charge in [0.25, 0.3) is 0 Å². The molecule has 0 spiro atoms. The maximum Gasteiger partial charge on any atom is 0.358 e. The molecule has 2 fully saturated rings. The molecule has 1 saturated carbocycles. The van der Waals surface area contributed by atoms with Gasteiger partial charge in [-0.1, -0.05) is 19.9 Å². The first-order valence-electron chi connectivity index (χ1n) is 8.26. The van der Waals surface area contributed by atoms with Gasteiger partial charge in [-0.05, 0) is 31.9 Å². The topological polar surface area (TPSA) is 52.8 Å². The van der Waals surface area contributed by atoms with Crippen LogP contribution in [0.1, 0.15) is 42.9 Å². The van der Waals surface area contributed by atoms with Crippen LogP contribution in [0.25, 0.3) is 5.65 Å². The van der Waals surface area contributed by atoms with E-state index in [1.165, 1.54) is 0 Å². The van der Waals surface area contributed by atoms with E-state index < -0.39 is 0 Å². The van der Waals surface area contributed by atoms with Crippen molar-refractivity contribution in [2.24, 2.45) is 11.3 Å². The van der Waals surface area contributed by atoms with Crippen molar-refractivity contribution in [1.82, 2.24) is 9.38 Å². The molecule has 2 aromatic heterocycles. The number of hydrogen-bond acceptors (Lipinski definition) is 4. The van der Waals surface area contributed by atoms with Crippen LogP contribution in [0, 0.1) is 18.3 Å². The first kappa shape index (κ1) is 14.7. The Morgan fingerprint density at radius 3 is 3.04 bits per heavy atom. The Hall–Kier alpha value is -1.88. The van der Waals surface area contributed by atoms with Crippen molar-refractivity contribution < 1.29 is 14.3 Å². The van der Waals surface area contributed by atoms with Gasteiger partial charge in [0, 0.05) is 29.8 Å². The van der Waals surface area contributed by atoms with E-state index in [1.54, 1.807) is 6.20 Å². The number of imidazole rings is 1. The van der Waals surface area contributed by atoms with Gasteiger partial charge in [-0.3, -0.25) is 0 Å². The minimum absolute atomic E-state index is 0.0915. The van der Waals surface area contributed by atoms with Crippen molar-refractivity contribution in [2.75, 3.05) is 6.61 Å². The monoisotopic (exact) mass is 314 g/mol. The van der Waals surface area contributed by atoms with Gasteiger partial charge in [-0.2, -0.15) is 0 Å². The zero-order valence-corrected chi connectivity index (χ0v) is 13.8. The van der Waals surface area contributed by atoms with Crippen LogP contribution in [-0.4, -0.2) is 34.2 Å². The minimum atomic E-state index is -0.338. The van der Waals surface area contributed by atoms with Gasteiger partial charge in [-0.15, -0.1) is 0 Å². The molecule has 0 unspecified atom stereocenters. The number of ether oxygens (including phenoxy) is 2. The number of aryl methyl sites for hydroxylation is 1. The summed E-state index contributed by atoms with van der Waals surface area (Å²) in [5.41, 5.74) is 2.05. The van der Waals surface area contributed by atoms with Crippen molar-refractivity contribution in [2.45, 2.75) is 45.8 Å². The Bertz CT molecular complexity index is 765. The van der Waals surface area contributed by atoms with Crippen molar-refractivity contribution in [1.29, 1.82) is 0 Å². The molecule has 1 aliphatic heterocycles. The molecule has 0 N–H and O–H groups in total. The SMILES string of the molecule is Cc1cccc2nc(C(=O)O[C@@H]3[C@H]4CCCO[C@H]4C3(C)C)cn12. The van der Waals surface area contributed by atoms with E-state index >= 15 is 0 Å². The summed E-state index contributed by atoms with van der Waals surface area (Å²) in [6.45, 7) is 7.04. The third kappa shape index (κ3) is 2.17. The highest BCUT2D eigenvalue weighted by atomic mass is 16.6. The standard InChI is InChI=1S/C18H22N2O3/c1-11-6-4-8-14-19-13(10-20(11)14)17(21)23-16-12-7-5-9-22-15(12)18(16,2)3/h4,6,8,10,12,15-16H,5,7,9H2,1-3H3/t12-,15+,16+/m0/s1. The average molecular weight is 314 g/mol. The van der Waals surface area contributed by atoms with Crippen LogP contribution < -0.4 is 0 Å². The number of carbonyl (C=O) groups is 1. The largest absolute Gasteiger partial charge is 0.457 e. The van der Waals surface area contributed by atoms with Crippen LogP contribution in [0.4, 0.5) is 0 Å². The van der Waals surface area contributed by atoms with E-state index in [0.29, 0.717) is 11.6 Å². The molecule has 0 bridgehead atoms. The molecule has 1 saturated heterocycles. The van der Waals surface area contributed by atoms with Gasteiger partial charge in [0.1, 0.15) is 11.8 Å².